The lowest BCUT2D eigenvalue weighted by Crippen LogP contribution is -2.11. The number of carbonyl (C=O) groups excluding carboxylic acids is 1. The highest BCUT2D eigenvalue weighted by Crippen LogP contribution is 2.01. The first-order valence-corrected chi connectivity index (χ1v) is 3.90. The topological polar surface area (TPSA) is 65.2 Å². The number of carbonyl (C=O) groups is 1. The fraction of sp³-hybridized carbons (Fsp3) is 0.125. The van der Waals surface area contributed by atoms with Gasteiger partial charge in [0.1, 0.15) is 10.7 Å². The summed E-state index contributed by atoms with van der Waals surface area (Å²) in [6, 6.07) is 3.14. The lowest BCUT2D eigenvalue weighted by Gasteiger charge is -1.99. The lowest BCUT2D eigenvalue weighted by molar-refractivity contribution is 0.0594. The standard InChI is InChI=1S/C8H8N2O2S/c1-12-8(11)6-3-2-5(4-10-6)7(9)13/h2-4H,1H3,(H2,9,13). The van der Waals surface area contributed by atoms with Crippen LogP contribution in [0.5, 0.6) is 0 Å². The molecular formula is C8H8N2O2S. The van der Waals surface area contributed by atoms with Crippen LogP contribution in [0, 0.1) is 0 Å². The molecule has 0 spiro atoms. The van der Waals surface area contributed by atoms with Crippen LogP contribution in [0.2, 0.25) is 0 Å². The molecule has 0 bridgehead atoms. The number of nitrogens with two attached hydrogens (primary N) is 1. The van der Waals surface area contributed by atoms with E-state index in [1.807, 2.05) is 0 Å². The SMILES string of the molecule is COC(=O)c1ccc(C(N)=S)cn1. The second-order valence-corrected chi connectivity index (χ2v) is 2.73. The Kier molecular flexibility index (Phi) is 2.92. The van der Waals surface area contributed by atoms with Crippen molar-refractivity contribution < 1.29 is 9.53 Å². The molecule has 0 aliphatic rings. The molecule has 0 radical (unpaired) electrons. The number of esters is 1. The Morgan fingerprint density at radius 3 is 2.69 bits per heavy atom. The molecule has 4 nitrogen and oxygen atoms in total. The number of aromatic nitrogens is 1. The normalized spacial score (nSPS) is 9.31. The van der Waals surface area contributed by atoms with Gasteiger partial charge in [-0.25, -0.2) is 9.78 Å². The summed E-state index contributed by atoms with van der Waals surface area (Å²) in [5, 5.41) is 0. The number of hydrogen-bond acceptors (Lipinski definition) is 4. The minimum absolute atomic E-state index is 0.238. The van der Waals surface area contributed by atoms with Crippen LogP contribution in [0.3, 0.4) is 0 Å². The third kappa shape index (κ3) is 2.22. The van der Waals surface area contributed by atoms with Crippen LogP contribution in [-0.4, -0.2) is 23.1 Å². The number of rotatable bonds is 2. The maximum absolute atomic E-state index is 10.9. The summed E-state index contributed by atoms with van der Waals surface area (Å²) in [5.41, 5.74) is 6.21. The van der Waals surface area contributed by atoms with Gasteiger partial charge in [-0.2, -0.15) is 0 Å². The minimum atomic E-state index is -0.477. The van der Waals surface area contributed by atoms with Crippen molar-refractivity contribution in [3.63, 3.8) is 0 Å². The highest BCUT2D eigenvalue weighted by molar-refractivity contribution is 7.80. The van der Waals surface area contributed by atoms with Crippen LogP contribution in [-0.2, 0) is 4.74 Å². The molecule has 0 aromatic carbocycles. The summed E-state index contributed by atoms with van der Waals surface area (Å²) in [4.78, 5) is 15.0. The van der Waals surface area contributed by atoms with E-state index in [1.54, 1.807) is 6.07 Å². The Morgan fingerprint density at radius 1 is 1.62 bits per heavy atom. The van der Waals surface area contributed by atoms with Gasteiger partial charge in [0.15, 0.2) is 0 Å². The third-order valence-electron chi connectivity index (χ3n) is 1.44. The van der Waals surface area contributed by atoms with Gasteiger partial charge in [-0.1, -0.05) is 12.2 Å². The average Bonchev–Trinajstić information content (AvgIpc) is 2.17. The van der Waals surface area contributed by atoms with Gasteiger partial charge in [-0.15, -0.1) is 0 Å². The first kappa shape index (κ1) is 9.60. The van der Waals surface area contributed by atoms with Crippen LogP contribution in [0.15, 0.2) is 18.3 Å². The Morgan fingerprint density at radius 2 is 2.31 bits per heavy atom. The second kappa shape index (κ2) is 3.95. The van der Waals surface area contributed by atoms with E-state index in [2.05, 4.69) is 9.72 Å². The predicted molar refractivity (Wildman–Crippen MR) is 51.5 cm³/mol. The number of pyridine rings is 1. The van der Waals surface area contributed by atoms with Crippen LogP contribution >= 0.6 is 12.2 Å². The van der Waals surface area contributed by atoms with Crippen LogP contribution in [0.25, 0.3) is 0 Å². The number of ether oxygens (including phenoxy) is 1. The molecule has 0 aliphatic heterocycles. The highest BCUT2D eigenvalue weighted by atomic mass is 32.1. The molecule has 13 heavy (non-hydrogen) atoms. The van der Waals surface area contributed by atoms with Gasteiger partial charge in [-0.3, -0.25) is 0 Å². The quantitative estimate of drug-likeness (QED) is 0.551. The molecule has 1 aromatic rings. The molecule has 5 heteroatoms. The predicted octanol–water partition coefficient (Wildman–Crippen LogP) is 0.502. The molecule has 1 rings (SSSR count). The lowest BCUT2D eigenvalue weighted by atomic mass is 10.2. The molecule has 0 saturated heterocycles. The molecule has 0 unspecified atom stereocenters. The van der Waals surface area contributed by atoms with Gasteiger partial charge in [0.2, 0.25) is 0 Å². The van der Waals surface area contributed by atoms with Crippen LogP contribution < -0.4 is 5.73 Å². The highest BCUT2D eigenvalue weighted by Gasteiger charge is 2.06. The minimum Gasteiger partial charge on any atom is -0.464 e. The van der Waals surface area contributed by atoms with Gasteiger partial charge in [0, 0.05) is 11.8 Å². The number of nitrogens with zero attached hydrogens (tertiary/aromatic N) is 1. The van der Waals surface area contributed by atoms with Gasteiger partial charge < -0.3 is 10.5 Å². The zero-order valence-corrected chi connectivity index (χ0v) is 7.80. The van der Waals surface area contributed by atoms with E-state index >= 15 is 0 Å². The second-order valence-electron chi connectivity index (χ2n) is 2.29. The van der Waals surface area contributed by atoms with Crippen molar-refractivity contribution in [3.05, 3.63) is 29.6 Å². The van der Waals surface area contributed by atoms with E-state index in [1.165, 1.54) is 19.4 Å². The first-order valence-electron chi connectivity index (χ1n) is 3.49. The van der Waals surface area contributed by atoms with Crippen LogP contribution in [0.1, 0.15) is 16.1 Å². The molecule has 2 N–H and O–H groups in total. The first-order chi connectivity index (χ1) is 6.15. The summed E-state index contributed by atoms with van der Waals surface area (Å²) >= 11 is 4.72. The van der Waals surface area contributed by atoms with E-state index in [-0.39, 0.29) is 10.7 Å². The van der Waals surface area contributed by atoms with Gasteiger partial charge >= 0.3 is 5.97 Å². The monoisotopic (exact) mass is 196 g/mol. The van der Waals surface area contributed by atoms with Crippen LogP contribution in [0.4, 0.5) is 0 Å². The Labute approximate surface area is 80.7 Å². The average molecular weight is 196 g/mol. The molecule has 0 amide bonds. The molecule has 1 heterocycles. The van der Waals surface area contributed by atoms with E-state index in [9.17, 15) is 4.79 Å². The summed E-state index contributed by atoms with van der Waals surface area (Å²) in [6.45, 7) is 0. The fourth-order valence-electron chi connectivity index (χ4n) is 0.765. The fourth-order valence-corrected chi connectivity index (χ4v) is 0.886. The van der Waals surface area contributed by atoms with E-state index < -0.39 is 5.97 Å². The molecule has 0 saturated carbocycles. The molecule has 1 aromatic heterocycles. The Hall–Kier alpha value is -1.49. The smallest absolute Gasteiger partial charge is 0.356 e. The molecular weight excluding hydrogens is 188 g/mol. The van der Waals surface area contributed by atoms with Crippen molar-refractivity contribution in [2.45, 2.75) is 0 Å². The number of methoxy groups -OCH3 is 1. The van der Waals surface area contributed by atoms with Crippen molar-refractivity contribution >= 4 is 23.2 Å². The molecule has 68 valence electrons. The summed E-state index contributed by atoms with van der Waals surface area (Å²) in [7, 11) is 1.30. The molecule has 0 atom stereocenters. The van der Waals surface area contributed by atoms with Crippen molar-refractivity contribution in [1.29, 1.82) is 0 Å². The van der Waals surface area contributed by atoms with E-state index in [0.717, 1.165) is 0 Å². The van der Waals surface area contributed by atoms with Crippen molar-refractivity contribution in [2.24, 2.45) is 5.73 Å². The summed E-state index contributed by atoms with van der Waals surface area (Å²) in [5.74, 6) is -0.477. The zero-order chi connectivity index (χ0) is 9.84. The van der Waals surface area contributed by atoms with Gasteiger partial charge in [-0.05, 0) is 12.1 Å². The largest absolute Gasteiger partial charge is 0.464 e. The van der Waals surface area contributed by atoms with E-state index in [0.29, 0.717) is 5.56 Å². The maximum atomic E-state index is 10.9. The summed E-state index contributed by atoms with van der Waals surface area (Å²) < 4.78 is 4.47. The molecule has 0 fully saturated rings. The zero-order valence-electron chi connectivity index (χ0n) is 6.98. The summed E-state index contributed by atoms with van der Waals surface area (Å²) in [6.07, 6.45) is 1.44. The van der Waals surface area contributed by atoms with Crippen molar-refractivity contribution in [1.82, 2.24) is 4.98 Å². The van der Waals surface area contributed by atoms with Crippen molar-refractivity contribution in [2.75, 3.05) is 7.11 Å². The number of thiocarbonyl (C=S) groups is 1. The van der Waals surface area contributed by atoms with Gasteiger partial charge in [0.05, 0.1) is 7.11 Å². The maximum Gasteiger partial charge on any atom is 0.356 e. The third-order valence-corrected chi connectivity index (χ3v) is 1.68. The molecule has 0 aliphatic carbocycles. The van der Waals surface area contributed by atoms with Gasteiger partial charge in [0.25, 0.3) is 0 Å². The van der Waals surface area contributed by atoms with Crippen molar-refractivity contribution in [3.8, 4) is 0 Å². The van der Waals surface area contributed by atoms with E-state index in [4.69, 9.17) is 18.0 Å². The Balaban J connectivity index is 2.93. The Bertz CT molecular complexity index is 335. The number of hydrogen-bond donors (Lipinski definition) is 1.